The lowest BCUT2D eigenvalue weighted by Gasteiger charge is -2.20. The second kappa shape index (κ2) is 4.98. The average molecular weight is 319 g/mol. The first kappa shape index (κ1) is 14.7. The van der Waals surface area contributed by atoms with Gasteiger partial charge in [-0.3, -0.25) is 10.8 Å². The second-order valence-corrected chi connectivity index (χ2v) is 6.52. The number of nitrogens with one attached hydrogen (secondary N) is 1. The summed E-state index contributed by atoms with van der Waals surface area (Å²) in [5, 5.41) is 1.85. The third-order valence-electron chi connectivity index (χ3n) is 2.85. The van der Waals surface area contributed by atoms with Crippen molar-refractivity contribution in [1.82, 2.24) is 4.98 Å². The highest BCUT2D eigenvalue weighted by Crippen LogP contribution is 2.40. The van der Waals surface area contributed by atoms with Gasteiger partial charge in [-0.2, -0.15) is 0 Å². The van der Waals surface area contributed by atoms with E-state index in [9.17, 15) is 0 Å². The van der Waals surface area contributed by atoms with Crippen LogP contribution in [0.1, 0.15) is 26.5 Å². The fourth-order valence-corrected chi connectivity index (χ4v) is 2.55. The highest BCUT2D eigenvalue weighted by atomic mass is 35.5. The third kappa shape index (κ3) is 2.61. The van der Waals surface area contributed by atoms with E-state index in [0.29, 0.717) is 31.7 Å². The SMILES string of the molecule is CC(C)(C)c1cc(NN)c2c(Cl)c(Cl)cc(Cl)c2n1. The lowest BCUT2D eigenvalue weighted by molar-refractivity contribution is 0.572. The highest BCUT2D eigenvalue weighted by molar-refractivity contribution is 6.48. The fourth-order valence-electron chi connectivity index (χ4n) is 1.80. The number of anilines is 1. The van der Waals surface area contributed by atoms with Crippen molar-refractivity contribution >= 4 is 51.4 Å². The minimum Gasteiger partial charge on any atom is -0.323 e. The van der Waals surface area contributed by atoms with Crippen LogP contribution in [0.2, 0.25) is 15.1 Å². The largest absolute Gasteiger partial charge is 0.323 e. The van der Waals surface area contributed by atoms with Gasteiger partial charge < -0.3 is 5.43 Å². The number of rotatable bonds is 1. The van der Waals surface area contributed by atoms with Gasteiger partial charge in [0.2, 0.25) is 0 Å². The molecule has 0 aliphatic carbocycles. The summed E-state index contributed by atoms with van der Waals surface area (Å²) < 4.78 is 0. The van der Waals surface area contributed by atoms with Crippen molar-refractivity contribution in [2.75, 3.05) is 5.43 Å². The lowest BCUT2D eigenvalue weighted by Crippen LogP contribution is -2.16. The number of hydrogen-bond acceptors (Lipinski definition) is 3. The molecule has 0 atom stereocenters. The first-order valence-electron chi connectivity index (χ1n) is 5.71. The first-order chi connectivity index (χ1) is 8.75. The maximum atomic E-state index is 6.22. The minimum absolute atomic E-state index is 0.130. The number of nitrogens with zero attached hydrogens (tertiary/aromatic N) is 1. The number of nitrogens with two attached hydrogens (primary N) is 1. The standard InChI is InChI=1S/C13H14Cl3N3/c1-13(2,3)9-5-8(19-17)10-11(16)6(14)4-7(15)12(10)18-9/h4-5H,17H2,1-3H3,(H,18,19). The van der Waals surface area contributed by atoms with E-state index < -0.39 is 0 Å². The summed E-state index contributed by atoms with van der Waals surface area (Å²) >= 11 is 18.5. The molecule has 102 valence electrons. The molecule has 1 heterocycles. The van der Waals surface area contributed by atoms with Crippen molar-refractivity contribution < 1.29 is 0 Å². The van der Waals surface area contributed by atoms with Crippen LogP contribution < -0.4 is 11.3 Å². The topological polar surface area (TPSA) is 50.9 Å². The van der Waals surface area contributed by atoms with Crippen LogP contribution >= 0.6 is 34.8 Å². The van der Waals surface area contributed by atoms with Crippen molar-refractivity contribution in [3.05, 3.63) is 32.9 Å². The summed E-state index contributed by atoms with van der Waals surface area (Å²) in [4.78, 5) is 4.59. The predicted octanol–water partition coefficient (Wildman–Crippen LogP) is 4.78. The average Bonchev–Trinajstić information content (AvgIpc) is 2.33. The van der Waals surface area contributed by atoms with Gasteiger partial charge in [0.05, 0.1) is 26.3 Å². The third-order valence-corrected chi connectivity index (χ3v) is 3.93. The van der Waals surface area contributed by atoms with Crippen molar-refractivity contribution in [3.63, 3.8) is 0 Å². The predicted molar refractivity (Wildman–Crippen MR) is 83.3 cm³/mol. The van der Waals surface area contributed by atoms with Crippen LogP contribution in [0, 0.1) is 0 Å². The van der Waals surface area contributed by atoms with Crippen molar-refractivity contribution in [1.29, 1.82) is 0 Å². The zero-order valence-electron chi connectivity index (χ0n) is 10.8. The molecule has 3 nitrogen and oxygen atoms in total. The van der Waals surface area contributed by atoms with Gasteiger partial charge in [-0.05, 0) is 12.1 Å². The molecule has 0 aliphatic rings. The van der Waals surface area contributed by atoms with Gasteiger partial charge >= 0.3 is 0 Å². The molecule has 2 rings (SSSR count). The van der Waals surface area contributed by atoms with E-state index in [0.717, 1.165) is 5.69 Å². The Bertz CT molecular complexity index is 648. The molecular formula is C13H14Cl3N3. The van der Waals surface area contributed by atoms with E-state index in [1.807, 2.05) is 6.07 Å². The van der Waals surface area contributed by atoms with E-state index in [2.05, 4.69) is 31.2 Å². The van der Waals surface area contributed by atoms with Crippen molar-refractivity contribution in [3.8, 4) is 0 Å². The number of nitrogen functional groups attached to an aromatic ring is 1. The lowest BCUT2D eigenvalue weighted by atomic mass is 9.91. The number of pyridine rings is 1. The normalized spacial score (nSPS) is 11.9. The number of fused-ring (bicyclic) bond motifs is 1. The molecule has 1 aromatic heterocycles. The zero-order valence-corrected chi connectivity index (χ0v) is 13.1. The molecule has 0 bridgehead atoms. The smallest absolute Gasteiger partial charge is 0.0929 e. The Morgan fingerprint density at radius 2 is 1.74 bits per heavy atom. The van der Waals surface area contributed by atoms with Gasteiger partial charge in [-0.15, -0.1) is 0 Å². The monoisotopic (exact) mass is 317 g/mol. The Hall–Kier alpha value is -0.740. The molecule has 0 amide bonds. The molecule has 2 aromatic rings. The molecule has 0 saturated carbocycles. The Balaban J connectivity index is 2.93. The molecular weight excluding hydrogens is 305 g/mol. The van der Waals surface area contributed by atoms with E-state index in [1.54, 1.807) is 6.07 Å². The maximum absolute atomic E-state index is 6.22. The summed E-state index contributed by atoms with van der Waals surface area (Å²) in [5.74, 6) is 5.57. The van der Waals surface area contributed by atoms with Crippen LogP contribution in [0.4, 0.5) is 5.69 Å². The first-order valence-corrected chi connectivity index (χ1v) is 6.84. The van der Waals surface area contributed by atoms with Crippen LogP contribution in [0.3, 0.4) is 0 Å². The minimum atomic E-state index is -0.130. The van der Waals surface area contributed by atoms with E-state index in [4.69, 9.17) is 40.6 Å². The maximum Gasteiger partial charge on any atom is 0.0929 e. The van der Waals surface area contributed by atoms with Crippen LogP contribution in [0.15, 0.2) is 12.1 Å². The highest BCUT2D eigenvalue weighted by Gasteiger charge is 2.21. The summed E-state index contributed by atoms with van der Waals surface area (Å²) in [6.45, 7) is 6.19. The van der Waals surface area contributed by atoms with Crippen molar-refractivity contribution in [2.24, 2.45) is 5.84 Å². The van der Waals surface area contributed by atoms with Crippen LogP contribution in [0.5, 0.6) is 0 Å². The van der Waals surface area contributed by atoms with Crippen LogP contribution in [-0.2, 0) is 5.41 Å². The molecule has 3 N–H and O–H groups in total. The summed E-state index contributed by atoms with van der Waals surface area (Å²) in [5.41, 5.74) is 4.63. The van der Waals surface area contributed by atoms with Crippen LogP contribution in [0.25, 0.3) is 10.9 Å². The van der Waals surface area contributed by atoms with Gasteiger partial charge in [-0.1, -0.05) is 55.6 Å². The van der Waals surface area contributed by atoms with Gasteiger partial charge in [-0.25, -0.2) is 0 Å². The quantitative estimate of drug-likeness (QED) is 0.452. The molecule has 0 radical (unpaired) electrons. The Morgan fingerprint density at radius 3 is 2.26 bits per heavy atom. The fraction of sp³-hybridized carbons (Fsp3) is 0.308. The molecule has 0 fully saturated rings. The second-order valence-electron chi connectivity index (χ2n) is 5.33. The summed E-state index contributed by atoms with van der Waals surface area (Å²) in [6, 6.07) is 3.45. The molecule has 19 heavy (non-hydrogen) atoms. The Morgan fingerprint density at radius 1 is 1.11 bits per heavy atom. The molecule has 1 aromatic carbocycles. The number of aromatic nitrogens is 1. The Labute approximate surface area is 127 Å². The van der Waals surface area contributed by atoms with Gasteiger partial charge in [0.1, 0.15) is 0 Å². The zero-order chi connectivity index (χ0) is 14.4. The summed E-state index contributed by atoms with van der Waals surface area (Å²) in [6.07, 6.45) is 0. The van der Waals surface area contributed by atoms with Gasteiger partial charge in [0, 0.05) is 16.5 Å². The number of hydrogen-bond donors (Lipinski definition) is 2. The van der Waals surface area contributed by atoms with E-state index in [-0.39, 0.29) is 5.41 Å². The molecule has 0 unspecified atom stereocenters. The van der Waals surface area contributed by atoms with Gasteiger partial charge in [0.25, 0.3) is 0 Å². The summed E-state index contributed by atoms with van der Waals surface area (Å²) in [7, 11) is 0. The molecule has 0 saturated heterocycles. The van der Waals surface area contributed by atoms with E-state index >= 15 is 0 Å². The Kier molecular flexibility index (Phi) is 3.85. The van der Waals surface area contributed by atoms with E-state index in [1.165, 1.54) is 0 Å². The van der Waals surface area contributed by atoms with Crippen molar-refractivity contribution in [2.45, 2.75) is 26.2 Å². The molecule has 0 spiro atoms. The number of hydrazine groups is 1. The van der Waals surface area contributed by atoms with Gasteiger partial charge in [0.15, 0.2) is 0 Å². The van der Waals surface area contributed by atoms with Crippen LogP contribution in [-0.4, -0.2) is 4.98 Å². The number of halogens is 3. The molecule has 0 aliphatic heterocycles. The molecule has 6 heteroatoms. The number of benzene rings is 1.